The molecule has 3 aromatic rings. The molecule has 1 fully saturated rings. The average Bonchev–Trinajstić information content (AvgIpc) is 2.94. The highest BCUT2D eigenvalue weighted by Crippen LogP contribution is 2.28. The average molecular weight is 543 g/mol. The van der Waals surface area contributed by atoms with Gasteiger partial charge in [-0.2, -0.15) is 5.26 Å². The van der Waals surface area contributed by atoms with Crippen molar-refractivity contribution in [2.24, 2.45) is 5.92 Å². The Labute approximate surface area is 236 Å². The second kappa shape index (κ2) is 12.9. The van der Waals surface area contributed by atoms with Crippen LogP contribution in [0.1, 0.15) is 63.1 Å². The van der Waals surface area contributed by atoms with Crippen LogP contribution in [0.5, 0.6) is 5.75 Å². The van der Waals surface area contributed by atoms with Crippen LogP contribution >= 0.6 is 0 Å². The van der Waals surface area contributed by atoms with E-state index in [-0.39, 0.29) is 12.1 Å². The lowest BCUT2D eigenvalue weighted by Gasteiger charge is -2.33. The molecule has 7 nitrogen and oxygen atoms in total. The van der Waals surface area contributed by atoms with Crippen LogP contribution in [0.15, 0.2) is 60.7 Å². The van der Waals surface area contributed by atoms with Crippen molar-refractivity contribution in [2.45, 2.75) is 58.5 Å². The van der Waals surface area contributed by atoms with Crippen molar-refractivity contribution in [1.82, 2.24) is 4.90 Å². The van der Waals surface area contributed by atoms with Gasteiger partial charge in [-0.1, -0.05) is 36.4 Å². The molecule has 1 heterocycles. The number of carbonyl (C=O) groups excluding carboxylic acids is 2. The molecule has 4 rings (SSSR count). The Balaban J connectivity index is 1.37. The number of esters is 1. The minimum atomic E-state index is -0.493. The van der Waals surface area contributed by atoms with Gasteiger partial charge in [0.05, 0.1) is 30.8 Å². The lowest BCUT2D eigenvalue weighted by atomic mass is 9.91. The molecule has 1 amide bonds. The maximum absolute atomic E-state index is 12.9. The van der Waals surface area contributed by atoms with Crippen LogP contribution in [-0.2, 0) is 20.7 Å². The molecule has 3 aromatic carbocycles. The van der Waals surface area contributed by atoms with Gasteiger partial charge in [0.2, 0.25) is 0 Å². The van der Waals surface area contributed by atoms with Gasteiger partial charge in [-0.15, -0.1) is 0 Å². The number of carbonyl (C=O) groups is 2. The van der Waals surface area contributed by atoms with Gasteiger partial charge in [-0.25, -0.2) is 4.79 Å². The Morgan fingerprint density at radius 3 is 2.35 bits per heavy atom. The second-order valence-corrected chi connectivity index (χ2v) is 11.3. The fourth-order valence-electron chi connectivity index (χ4n) is 4.93. The SMILES string of the molecule is CCOC(=O)C(Cc1ccc2ccc(C#N)cc2c1)c1ccc(OCC2CCN(C(=O)OC(C)(C)C)CC2)cc1. The zero-order chi connectivity index (χ0) is 28.7. The molecule has 1 aliphatic rings. The smallest absolute Gasteiger partial charge is 0.410 e. The Hall–Kier alpha value is -4.05. The topological polar surface area (TPSA) is 88.9 Å². The van der Waals surface area contributed by atoms with Crippen molar-refractivity contribution in [3.63, 3.8) is 0 Å². The van der Waals surface area contributed by atoms with Crippen LogP contribution in [0.2, 0.25) is 0 Å². The Bertz CT molecular complexity index is 1360. The van der Waals surface area contributed by atoms with Gasteiger partial charge in [-0.05, 0) is 99.0 Å². The van der Waals surface area contributed by atoms with E-state index in [4.69, 9.17) is 14.2 Å². The summed E-state index contributed by atoms with van der Waals surface area (Å²) >= 11 is 0. The summed E-state index contributed by atoms with van der Waals surface area (Å²) in [5, 5.41) is 11.3. The number of benzene rings is 3. The second-order valence-electron chi connectivity index (χ2n) is 11.3. The number of fused-ring (bicyclic) bond motifs is 1. The number of hydrogen-bond donors (Lipinski definition) is 0. The van der Waals surface area contributed by atoms with Crippen molar-refractivity contribution < 1.29 is 23.8 Å². The van der Waals surface area contributed by atoms with E-state index in [9.17, 15) is 14.9 Å². The van der Waals surface area contributed by atoms with E-state index in [0.717, 1.165) is 40.5 Å². The maximum Gasteiger partial charge on any atom is 0.410 e. The molecule has 1 saturated heterocycles. The molecular formula is C33H38N2O5. The summed E-state index contributed by atoms with van der Waals surface area (Å²) in [6.07, 6.45) is 1.96. The number of nitriles is 1. The Morgan fingerprint density at radius 2 is 1.70 bits per heavy atom. The van der Waals surface area contributed by atoms with Gasteiger partial charge < -0.3 is 19.1 Å². The summed E-state index contributed by atoms with van der Waals surface area (Å²) in [5.74, 6) is 0.386. The molecule has 0 spiro atoms. The first kappa shape index (κ1) is 28.9. The van der Waals surface area contributed by atoms with Gasteiger partial charge in [-0.3, -0.25) is 4.79 Å². The molecule has 0 N–H and O–H groups in total. The molecular weight excluding hydrogens is 504 g/mol. The van der Waals surface area contributed by atoms with E-state index in [0.29, 0.717) is 44.2 Å². The number of rotatable bonds is 8. The van der Waals surface area contributed by atoms with Crippen LogP contribution in [0.3, 0.4) is 0 Å². The molecule has 40 heavy (non-hydrogen) atoms. The highest BCUT2D eigenvalue weighted by molar-refractivity contribution is 5.85. The summed E-state index contributed by atoms with van der Waals surface area (Å²) in [4.78, 5) is 27.0. The van der Waals surface area contributed by atoms with Gasteiger partial charge >= 0.3 is 12.1 Å². The summed E-state index contributed by atoms with van der Waals surface area (Å²) in [7, 11) is 0. The molecule has 0 saturated carbocycles. The normalized spacial score (nSPS) is 14.8. The molecule has 210 valence electrons. The summed E-state index contributed by atoms with van der Waals surface area (Å²) in [6, 6.07) is 21.5. The minimum absolute atomic E-state index is 0.255. The standard InChI is InChI=1S/C33H38N2O5/c1-5-38-31(36)30(20-24-6-8-26-9-7-25(21-34)19-28(26)18-24)27-10-12-29(13-11-27)39-22-23-14-16-35(17-15-23)32(37)40-33(2,3)4/h6-13,18-19,23,30H,5,14-17,20,22H2,1-4H3. The zero-order valence-electron chi connectivity index (χ0n) is 23.8. The molecule has 1 unspecified atom stereocenters. The third-order valence-corrected chi connectivity index (χ3v) is 7.08. The first-order chi connectivity index (χ1) is 19.1. The fourth-order valence-corrected chi connectivity index (χ4v) is 4.93. The van der Waals surface area contributed by atoms with Crippen molar-refractivity contribution in [3.8, 4) is 11.8 Å². The van der Waals surface area contributed by atoms with Crippen LogP contribution in [0, 0.1) is 17.2 Å². The van der Waals surface area contributed by atoms with Gasteiger partial charge in [0.1, 0.15) is 11.4 Å². The van der Waals surface area contributed by atoms with Crippen molar-refractivity contribution >= 4 is 22.8 Å². The Kier molecular flexibility index (Phi) is 9.31. The number of ether oxygens (including phenoxy) is 3. The van der Waals surface area contributed by atoms with Crippen LogP contribution < -0.4 is 4.74 Å². The van der Waals surface area contributed by atoms with Gasteiger partial charge in [0.15, 0.2) is 0 Å². The lowest BCUT2D eigenvalue weighted by molar-refractivity contribution is -0.144. The largest absolute Gasteiger partial charge is 0.493 e. The third kappa shape index (κ3) is 7.75. The molecule has 1 aliphatic heterocycles. The number of amides is 1. The first-order valence-electron chi connectivity index (χ1n) is 14.0. The van der Waals surface area contributed by atoms with E-state index < -0.39 is 11.5 Å². The molecule has 0 radical (unpaired) electrons. The molecule has 0 bridgehead atoms. The number of nitrogens with zero attached hydrogens (tertiary/aromatic N) is 2. The van der Waals surface area contributed by atoms with Crippen molar-refractivity contribution in [3.05, 3.63) is 77.4 Å². The van der Waals surface area contributed by atoms with E-state index >= 15 is 0 Å². The van der Waals surface area contributed by atoms with Gasteiger partial charge in [0, 0.05) is 13.1 Å². The zero-order valence-corrected chi connectivity index (χ0v) is 23.8. The van der Waals surface area contributed by atoms with Gasteiger partial charge in [0.25, 0.3) is 0 Å². The maximum atomic E-state index is 12.9. The third-order valence-electron chi connectivity index (χ3n) is 7.08. The minimum Gasteiger partial charge on any atom is -0.493 e. The van der Waals surface area contributed by atoms with Crippen LogP contribution in [0.4, 0.5) is 4.79 Å². The van der Waals surface area contributed by atoms with Crippen LogP contribution in [0.25, 0.3) is 10.8 Å². The first-order valence-corrected chi connectivity index (χ1v) is 14.0. The fraction of sp³-hybridized carbons (Fsp3) is 0.424. The molecule has 1 atom stereocenters. The molecule has 0 aliphatic carbocycles. The summed E-state index contributed by atoms with van der Waals surface area (Å²) in [6.45, 7) is 9.65. The highest BCUT2D eigenvalue weighted by atomic mass is 16.6. The predicted molar refractivity (Wildman–Crippen MR) is 154 cm³/mol. The summed E-state index contributed by atoms with van der Waals surface area (Å²) < 4.78 is 17.0. The molecule has 7 heteroatoms. The van der Waals surface area contributed by atoms with E-state index in [1.807, 2.05) is 82.3 Å². The van der Waals surface area contributed by atoms with Crippen LogP contribution in [-0.4, -0.2) is 48.9 Å². The number of piperidine rings is 1. The van der Waals surface area contributed by atoms with Crippen molar-refractivity contribution in [1.29, 1.82) is 5.26 Å². The van der Waals surface area contributed by atoms with E-state index in [2.05, 4.69) is 6.07 Å². The Morgan fingerprint density at radius 1 is 1.00 bits per heavy atom. The number of hydrogen-bond acceptors (Lipinski definition) is 6. The van der Waals surface area contributed by atoms with Crippen molar-refractivity contribution in [2.75, 3.05) is 26.3 Å². The van der Waals surface area contributed by atoms with E-state index in [1.165, 1.54) is 0 Å². The quantitative estimate of drug-likeness (QED) is 0.297. The lowest BCUT2D eigenvalue weighted by Crippen LogP contribution is -2.42. The monoisotopic (exact) mass is 542 g/mol. The summed E-state index contributed by atoms with van der Waals surface area (Å²) in [5.41, 5.74) is 1.98. The number of likely N-dealkylation sites (tertiary alicyclic amines) is 1. The highest BCUT2D eigenvalue weighted by Gasteiger charge is 2.27. The van der Waals surface area contributed by atoms with E-state index in [1.54, 1.807) is 11.0 Å². The predicted octanol–water partition coefficient (Wildman–Crippen LogP) is 6.63. The molecule has 0 aromatic heterocycles.